The van der Waals surface area contributed by atoms with Gasteiger partial charge in [-0.05, 0) is 29.2 Å². The van der Waals surface area contributed by atoms with Crippen molar-refractivity contribution in [3.8, 4) is 17.6 Å². The topological polar surface area (TPSA) is 62.5 Å². The Bertz CT molecular complexity index is 487. The molecule has 0 radical (unpaired) electrons. The fourth-order valence-corrected chi connectivity index (χ4v) is 1.61. The standard InChI is InChI=1S/C15H19NO3/c1-11(2)13(10-17)8-12-4-5-14(19-7-6-16)15(9-12)18-3/h4-5,8-9,11,17H,7,10H2,1-3H3. The van der Waals surface area contributed by atoms with E-state index in [1.807, 2.05) is 38.1 Å². The lowest BCUT2D eigenvalue weighted by Crippen LogP contribution is -1.99. The van der Waals surface area contributed by atoms with Crippen molar-refractivity contribution < 1.29 is 14.6 Å². The molecule has 1 aromatic carbocycles. The first-order valence-corrected chi connectivity index (χ1v) is 6.11. The summed E-state index contributed by atoms with van der Waals surface area (Å²) in [7, 11) is 1.55. The Morgan fingerprint density at radius 1 is 1.42 bits per heavy atom. The third-order valence-corrected chi connectivity index (χ3v) is 2.76. The van der Waals surface area contributed by atoms with Crippen molar-refractivity contribution in [1.82, 2.24) is 0 Å². The van der Waals surface area contributed by atoms with Crippen molar-refractivity contribution in [1.29, 1.82) is 5.26 Å². The highest BCUT2D eigenvalue weighted by molar-refractivity contribution is 5.58. The Kier molecular flexibility index (Phi) is 5.91. The van der Waals surface area contributed by atoms with Gasteiger partial charge in [-0.15, -0.1) is 0 Å². The van der Waals surface area contributed by atoms with Crippen LogP contribution in [0.3, 0.4) is 0 Å². The summed E-state index contributed by atoms with van der Waals surface area (Å²) >= 11 is 0. The highest BCUT2D eigenvalue weighted by Crippen LogP contribution is 2.29. The zero-order chi connectivity index (χ0) is 14.3. The van der Waals surface area contributed by atoms with E-state index in [1.54, 1.807) is 13.2 Å². The van der Waals surface area contributed by atoms with Crippen LogP contribution in [0.1, 0.15) is 19.4 Å². The van der Waals surface area contributed by atoms with Gasteiger partial charge in [-0.25, -0.2) is 0 Å². The van der Waals surface area contributed by atoms with E-state index >= 15 is 0 Å². The molecule has 0 aliphatic carbocycles. The van der Waals surface area contributed by atoms with Crippen LogP contribution in [-0.4, -0.2) is 25.4 Å². The smallest absolute Gasteiger partial charge is 0.174 e. The van der Waals surface area contributed by atoms with E-state index in [0.29, 0.717) is 11.5 Å². The number of benzene rings is 1. The Morgan fingerprint density at radius 2 is 2.16 bits per heavy atom. The lowest BCUT2D eigenvalue weighted by atomic mass is 10.0. The predicted octanol–water partition coefficient (Wildman–Crippen LogP) is 2.63. The second kappa shape index (κ2) is 7.45. The van der Waals surface area contributed by atoms with Crippen molar-refractivity contribution in [2.45, 2.75) is 13.8 Å². The summed E-state index contributed by atoms with van der Waals surface area (Å²) < 4.78 is 10.5. The van der Waals surface area contributed by atoms with E-state index in [1.165, 1.54) is 0 Å². The molecule has 1 rings (SSSR count). The number of nitrogens with zero attached hydrogens (tertiary/aromatic N) is 1. The van der Waals surface area contributed by atoms with Gasteiger partial charge in [0.15, 0.2) is 18.1 Å². The van der Waals surface area contributed by atoms with Crippen molar-refractivity contribution in [2.75, 3.05) is 20.3 Å². The van der Waals surface area contributed by atoms with Gasteiger partial charge >= 0.3 is 0 Å². The van der Waals surface area contributed by atoms with Gasteiger partial charge in [0.25, 0.3) is 0 Å². The molecule has 4 nitrogen and oxygen atoms in total. The lowest BCUT2D eigenvalue weighted by Gasteiger charge is -2.11. The largest absolute Gasteiger partial charge is 0.493 e. The molecule has 0 unspecified atom stereocenters. The third-order valence-electron chi connectivity index (χ3n) is 2.76. The van der Waals surface area contributed by atoms with Crippen molar-refractivity contribution in [3.05, 3.63) is 29.3 Å². The first-order valence-electron chi connectivity index (χ1n) is 6.11. The molecule has 0 aromatic heterocycles. The maximum atomic E-state index is 9.29. The van der Waals surface area contributed by atoms with Crippen LogP contribution in [0, 0.1) is 17.2 Å². The second-order valence-electron chi connectivity index (χ2n) is 4.39. The van der Waals surface area contributed by atoms with Gasteiger partial charge in [-0.2, -0.15) is 5.26 Å². The molecular formula is C15H19NO3. The Balaban J connectivity index is 3.03. The highest BCUT2D eigenvalue weighted by atomic mass is 16.5. The van der Waals surface area contributed by atoms with E-state index in [9.17, 15) is 5.11 Å². The lowest BCUT2D eigenvalue weighted by molar-refractivity contribution is 0.320. The summed E-state index contributed by atoms with van der Waals surface area (Å²) in [5.41, 5.74) is 1.88. The number of aliphatic hydroxyl groups is 1. The first-order chi connectivity index (χ1) is 9.12. The molecule has 102 valence electrons. The molecule has 0 aliphatic rings. The van der Waals surface area contributed by atoms with Crippen LogP contribution < -0.4 is 9.47 Å². The van der Waals surface area contributed by atoms with E-state index in [-0.39, 0.29) is 19.1 Å². The maximum absolute atomic E-state index is 9.29. The SMILES string of the molecule is COc1cc(C=C(CO)C(C)C)ccc1OCC#N. The summed E-state index contributed by atoms with van der Waals surface area (Å²) in [5, 5.41) is 17.8. The van der Waals surface area contributed by atoms with E-state index in [4.69, 9.17) is 14.7 Å². The van der Waals surface area contributed by atoms with Gasteiger partial charge in [0, 0.05) is 0 Å². The van der Waals surface area contributed by atoms with Gasteiger partial charge in [0.2, 0.25) is 0 Å². The van der Waals surface area contributed by atoms with Crippen molar-refractivity contribution in [3.63, 3.8) is 0 Å². The third kappa shape index (κ3) is 4.31. The number of ether oxygens (including phenoxy) is 2. The predicted molar refractivity (Wildman–Crippen MR) is 74.0 cm³/mol. The molecule has 0 heterocycles. The minimum atomic E-state index is -0.0145. The van der Waals surface area contributed by atoms with Gasteiger partial charge in [0.05, 0.1) is 13.7 Å². The summed E-state index contributed by atoms with van der Waals surface area (Å²) in [6, 6.07) is 7.37. The minimum absolute atomic E-state index is 0.0145. The molecular weight excluding hydrogens is 242 g/mol. The van der Waals surface area contributed by atoms with Gasteiger partial charge in [-0.1, -0.05) is 26.0 Å². The van der Waals surface area contributed by atoms with Crippen LogP contribution in [0.25, 0.3) is 6.08 Å². The number of rotatable bonds is 6. The number of aliphatic hydroxyl groups excluding tert-OH is 1. The molecule has 0 aliphatic heterocycles. The van der Waals surface area contributed by atoms with Crippen LogP contribution in [0.2, 0.25) is 0 Å². The van der Waals surface area contributed by atoms with Crippen LogP contribution in [0.15, 0.2) is 23.8 Å². The molecule has 0 bridgehead atoms. The molecule has 0 spiro atoms. The normalized spacial score (nSPS) is 11.3. The molecule has 0 atom stereocenters. The van der Waals surface area contributed by atoms with Gasteiger partial charge in [-0.3, -0.25) is 0 Å². The summed E-state index contributed by atoms with van der Waals surface area (Å²) in [4.78, 5) is 0. The van der Waals surface area contributed by atoms with Crippen molar-refractivity contribution in [2.24, 2.45) is 5.92 Å². The molecule has 19 heavy (non-hydrogen) atoms. The first kappa shape index (κ1) is 15.1. The number of hydrogen-bond acceptors (Lipinski definition) is 4. The van der Waals surface area contributed by atoms with Crippen LogP contribution >= 0.6 is 0 Å². The quantitative estimate of drug-likeness (QED) is 0.855. The van der Waals surface area contributed by atoms with Gasteiger partial charge < -0.3 is 14.6 Å². The average Bonchev–Trinajstić information content (AvgIpc) is 2.42. The molecule has 0 amide bonds. The maximum Gasteiger partial charge on any atom is 0.174 e. The van der Waals surface area contributed by atoms with Crippen LogP contribution in [-0.2, 0) is 0 Å². The molecule has 0 saturated carbocycles. The zero-order valence-corrected chi connectivity index (χ0v) is 11.5. The fourth-order valence-electron chi connectivity index (χ4n) is 1.61. The summed E-state index contributed by atoms with van der Waals surface area (Å²) in [5.74, 6) is 1.40. The molecule has 1 aromatic rings. The molecule has 0 saturated heterocycles. The Labute approximate surface area is 113 Å². The van der Waals surface area contributed by atoms with E-state index < -0.39 is 0 Å². The Morgan fingerprint density at radius 3 is 2.68 bits per heavy atom. The van der Waals surface area contributed by atoms with Crippen LogP contribution in [0.5, 0.6) is 11.5 Å². The summed E-state index contributed by atoms with van der Waals surface area (Å²) in [6.07, 6.45) is 1.93. The number of hydrogen-bond donors (Lipinski definition) is 1. The zero-order valence-electron chi connectivity index (χ0n) is 11.5. The summed E-state index contributed by atoms with van der Waals surface area (Å²) in [6.45, 7) is 4.08. The van der Waals surface area contributed by atoms with Crippen LogP contribution in [0.4, 0.5) is 0 Å². The highest BCUT2D eigenvalue weighted by Gasteiger charge is 2.07. The second-order valence-corrected chi connectivity index (χ2v) is 4.39. The van der Waals surface area contributed by atoms with Crippen molar-refractivity contribution >= 4 is 6.08 Å². The Hall–Kier alpha value is -1.99. The fraction of sp³-hybridized carbons (Fsp3) is 0.400. The monoisotopic (exact) mass is 261 g/mol. The molecule has 1 N–H and O–H groups in total. The van der Waals surface area contributed by atoms with Gasteiger partial charge in [0.1, 0.15) is 6.07 Å². The van der Waals surface area contributed by atoms with E-state index in [0.717, 1.165) is 11.1 Å². The average molecular weight is 261 g/mol. The molecule has 0 fully saturated rings. The minimum Gasteiger partial charge on any atom is -0.493 e. The molecule has 4 heteroatoms. The van der Waals surface area contributed by atoms with E-state index in [2.05, 4.69) is 0 Å². The number of methoxy groups -OCH3 is 1. The number of nitriles is 1.